The van der Waals surface area contributed by atoms with Crippen LogP contribution in [0.4, 0.5) is 114 Å². The zero-order valence-electron chi connectivity index (χ0n) is 31.8. The molecule has 0 rings (SSSR count). The molecule has 0 atom stereocenters. The number of carbonyl (C=O) groups excluding carboxylic acids is 3. The number of ether oxygens (including phenoxy) is 1. The number of esters is 1. The monoisotopic (exact) mass is 1100 g/mol. The molecule has 3 N–H and O–H groups in total. The van der Waals surface area contributed by atoms with Crippen molar-refractivity contribution in [2.45, 2.75) is 123 Å². The first kappa shape index (κ1) is 65.0. The molecule has 40 heteroatoms. The van der Waals surface area contributed by atoms with Gasteiger partial charge in [-0.3, -0.25) is 28.6 Å². The largest absolute Gasteiger partial charge is 0.481 e. The van der Waals surface area contributed by atoms with Gasteiger partial charge in [0.25, 0.3) is 0 Å². The average molecular weight is 1100 g/mol. The second-order valence-electron chi connectivity index (χ2n) is 12.9. The fourth-order valence-electron chi connectivity index (χ4n) is 3.93. The van der Waals surface area contributed by atoms with Crippen molar-refractivity contribution in [2.24, 2.45) is 0 Å². The van der Waals surface area contributed by atoms with E-state index in [-0.39, 0.29) is 0 Å². The van der Waals surface area contributed by atoms with E-state index < -0.39 is 178 Å². The molecule has 0 saturated heterocycles. The highest BCUT2D eigenvalue weighted by atomic mass is 32.2. The van der Waals surface area contributed by atoms with Crippen molar-refractivity contribution in [2.75, 3.05) is 18.6 Å². The van der Waals surface area contributed by atoms with E-state index in [1.807, 2.05) is 0 Å². The summed E-state index contributed by atoms with van der Waals surface area (Å²) in [6.45, 7) is 0. The fraction of sp³-hybridized carbons (Fsp3) is 0.852. The molecule has 0 aromatic heterocycles. The van der Waals surface area contributed by atoms with E-state index in [1.54, 1.807) is 0 Å². The summed E-state index contributed by atoms with van der Waals surface area (Å²) in [5.41, 5.74) is 0. The first-order chi connectivity index (χ1) is 29.1. The molecule has 0 spiro atoms. The van der Waals surface area contributed by atoms with Gasteiger partial charge < -0.3 is 9.84 Å². The summed E-state index contributed by atoms with van der Waals surface area (Å²) in [6, 6.07) is 0. The second-order valence-corrected chi connectivity index (χ2v) is 16.5. The van der Waals surface area contributed by atoms with E-state index in [9.17, 15) is 150 Å². The quantitative estimate of drug-likeness (QED) is 0.0638. The molecule has 0 aliphatic rings. The molecule has 2 amide bonds. The number of rotatable bonds is 24. The maximum absolute atomic E-state index is 13.6. The van der Waals surface area contributed by atoms with Crippen LogP contribution in [0.15, 0.2) is 0 Å². The number of hydrogen-bond donors (Lipinski definition) is 3. The molecule has 0 heterocycles. The van der Waals surface area contributed by atoms with Crippen LogP contribution < -0.4 is 9.44 Å². The van der Waals surface area contributed by atoms with Crippen molar-refractivity contribution < 1.29 is 160 Å². The maximum Gasteiger partial charge on any atom is 0.460 e. The molecule has 398 valence electrons. The van der Waals surface area contributed by atoms with Crippen LogP contribution >= 0.6 is 0 Å². The number of methoxy groups -OCH3 is 1. The van der Waals surface area contributed by atoms with Crippen molar-refractivity contribution >= 4 is 43.8 Å². The van der Waals surface area contributed by atoms with Crippen molar-refractivity contribution in [3.05, 3.63) is 0 Å². The van der Waals surface area contributed by atoms with Gasteiger partial charge in [-0.2, -0.15) is 114 Å². The molecule has 12 nitrogen and oxygen atoms in total. The highest BCUT2D eigenvalue weighted by Crippen LogP contribution is 2.62. The van der Waals surface area contributed by atoms with E-state index in [0.717, 1.165) is 16.6 Å². The third-order valence-electron chi connectivity index (χ3n) is 7.69. The molecule has 0 radical (unpaired) electrons. The van der Waals surface area contributed by atoms with Crippen LogP contribution in [0, 0.1) is 0 Å². The fourth-order valence-corrected chi connectivity index (χ4v) is 6.08. The van der Waals surface area contributed by atoms with Gasteiger partial charge in [0.05, 0.1) is 18.6 Å². The third kappa shape index (κ3) is 14.5. The number of nitrogens with one attached hydrogen (secondary N) is 2. The SMILES string of the molecule is COC(=O)CCCS(=O)(=O)NC(=O)CCC(F)(F)C(F)(F)C(F)(F)C(F)(F)C(F)(F)C(F)(F)F.O=C(O)CCCS(=O)(=O)NC(=O)CCC(F)(F)C(F)(F)C(F)(F)C(F)(F)C(F)(F)C(F)(F)F. The first-order valence-electron chi connectivity index (χ1n) is 16.3. The molecule has 0 saturated carbocycles. The topological polar surface area (TPSA) is 190 Å². The van der Waals surface area contributed by atoms with Gasteiger partial charge in [-0.05, 0) is 12.8 Å². The Morgan fingerprint density at radius 3 is 0.910 bits per heavy atom. The van der Waals surface area contributed by atoms with Crippen LogP contribution in [0.25, 0.3) is 0 Å². The van der Waals surface area contributed by atoms with E-state index in [0.29, 0.717) is 0 Å². The van der Waals surface area contributed by atoms with E-state index >= 15 is 0 Å². The normalized spacial score (nSPS) is 14.7. The molecule has 0 aliphatic heterocycles. The third-order valence-corrected chi connectivity index (χ3v) is 10.4. The Balaban J connectivity index is 0. The summed E-state index contributed by atoms with van der Waals surface area (Å²) in [6.07, 6.45) is -27.5. The first-order valence-corrected chi connectivity index (χ1v) is 19.6. The Kier molecular flexibility index (Phi) is 20.3. The van der Waals surface area contributed by atoms with E-state index in [4.69, 9.17) is 5.11 Å². The molecule has 0 aromatic carbocycles. The molecule has 0 fully saturated rings. The molecule has 0 unspecified atom stereocenters. The minimum atomic E-state index is -8.08. The summed E-state index contributed by atoms with van der Waals surface area (Å²) in [4.78, 5) is 43.7. The van der Waals surface area contributed by atoms with Gasteiger partial charge >= 0.3 is 83.5 Å². The zero-order chi connectivity index (χ0) is 54.5. The maximum atomic E-state index is 13.6. The average Bonchev–Trinajstić information content (AvgIpc) is 3.11. The predicted octanol–water partition coefficient (Wildman–Crippen LogP) is 7.72. The van der Waals surface area contributed by atoms with Gasteiger partial charge in [-0.15, -0.1) is 0 Å². The van der Waals surface area contributed by atoms with Gasteiger partial charge in [-0.25, -0.2) is 16.8 Å². The number of hydrogen-bond acceptors (Lipinski definition) is 9. The van der Waals surface area contributed by atoms with E-state index in [1.165, 1.54) is 0 Å². The molecule has 0 bridgehead atoms. The number of carbonyl (C=O) groups is 4. The molecular weight excluding hydrogens is 1070 g/mol. The van der Waals surface area contributed by atoms with Crippen LogP contribution in [-0.2, 0) is 44.0 Å². The lowest BCUT2D eigenvalue weighted by atomic mass is 9.92. The van der Waals surface area contributed by atoms with Crippen LogP contribution in [0.5, 0.6) is 0 Å². The summed E-state index contributed by atoms with van der Waals surface area (Å²) in [7, 11) is -8.53. The predicted molar refractivity (Wildman–Crippen MR) is 162 cm³/mol. The number of sulfonamides is 2. The number of carboxylic acids is 1. The number of halogens is 26. The minimum absolute atomic E-state index is 0.502. The number of carboxylic acid groups (broad SMARTS) is 1. The van der Waals surface area contributed by atoms with Gasteiger partial charge in [0.15, 0.2) is 0 Å². The molecule has 0 aromatic rings. The summed E-state index contributed by atoms with van der Waals surface area (Å²) in [5, 5.41) is 8.30. The zero-order valence-corrected chi connectivity index (χ0v) is 33.5. The lowest BCUT2D eigenvalue weighted by Crippen LogP contribution is -2.70. The Bertz CT molecular complexity index is 1970. The van der Waals surface area contributed by atoms with Gasteiger partial charge in [0.1, 0.15) is 0 Å². The number of aliphatic carboxylic acids is 1. The van der Waals surface area contributed by atoms with Crippen LogP contribution in [0.3, 0.4) is 0 Å². The number of alkyl halides is 26. The molecule has 67 heavy (non-hydrogen) atoms. The Labute approximate surface area is 355 Å². The highest BCUT2D eigenvalue weighted by molar-refractivity contribution is 7.90. The highest BCUT2D eigenvalue weighted by Gasteiger charge is 2.92. The van der Waals surface area contributed by atoms with Gasteiger partial charge in [0, 0.05) is 38.5 Å². The van der Waals surface area contributed by atoms with Crippen molar-refractivity contribution in [1.29, 1.82) is 0 Å². The lowest BCUT2D eigenvalue weighted by molar-refractivity contribution is -0.440. The summed E-state index contributed by atoms with van der Waals surface area (Å²) < 4.78 is 388. The van der Waals surface area contributed by atoms with Crippen molar-refractivity contribution in [3.63, 3.8) is 0 Å². The molecular formula is C27H26F26N2O10S2. The van der Waals surface area contributed by atoms with Crippen molar-refractivity contribution in [1.82, 2.24) is 9.44 Å². The van der Waals surface area contributed by atoms with Crippen LogP contribution in [-0.4, -0.2) is 136 Å². The van der Waals surface area contributed by atoms with Crippen molar-refractivity contribution in [3.8, 4) is 0 Å². The molecule has 0 aliphatic carbocycles. The second kappa shape index (κ2) is 20.9. The van der Waals surface area contributed by atoms with Gasteiger partial charge in [-0.1, -0.05) is 0 Å². The van der Waals surface area contributed by atoms with Gasteiger partial charge in [0.2, 0.25) is 31.9 Å². The van der Waals surface area contributed by atoms with Crippen LogP contribution in [0.1, 0.15) is 51.4 Å². The Hall–Kier alpha value is -4.04. The Morgan fingerprint density at radius 1 is 0.418 bits per heavy atom. The Morgan fingerprint density at radius 2 is 0.672 bits per heavy atom. The summed E-state index contributed by atoms with van der Waals surface area (Å²) >= 11 is 0. The van der Waals surface area contributed by atoms with E-state index in [2.05, 4.69) is 4.74 Å². The minimum Gasteiger partial charge on any atom is -0.481 e. The smallest absolute Gasteiger partial charge is 0.460 e. The lowest BCUT2D eigenvalue weighted by Gasteiger charge is -2.39. The van der Waals surface area contributed by atoms with Crippen LogP contribution in [0.2, 0.25) is 0 Å². The summed E-state index contributed by atoms with van der Waals surface area (Å²) in [5.74, 6) is -84.9. The number of amides is 2. The standard InChI is InChI=1S/C14H14F13NO5S.C13H12F13NO5S/c1-33-8(30)3-2-6-34(31,32)28-7(29)4-5-9(15,16)10(17,18)11(19,20)12(21,22)13(23,24)14(25,26)27;14-8(15,4-3-6(28)27-33(31,32)5-1-2-7(29)30)9(16,17)10(18,19)11(20,21)12(22,23)13(24,25)26/h2-6H2,1H3,(H,28,29);1-5H2,(H,27,28)(H,29,30).